The van der Waals surface area contributed by atoms with Crippen molar-refractivity contribution in [2.75, 3.05) is 19.6 Å². The minimum atomic E-state index is 0.0863. The summed E-state index contributed by atoms with van der Waals surface area (Å²) in [5, 5.41) is 4.02. The molecule has 2 aliphatic rings. The lowest BCUT2D eigenvalue weighted by molar-refractivity contribution is 0.0706. The van der Waals surface area contributed by atoms with Gasteiger partial charge in [0.05, 0.1) is 5.02 Å². The molecule has 1 amide bonds. The topological polar surface area (TPSA) is 48.1 Å². The minimum absolute atomic E-state index is 0.0863. The molecule has 3 atom stereocenters. The van der Waals surface area contributed by atoms with Gasteiger partial charge in [0, 0.05) is 31.9 Å². The van der Waals surface area contributed by atoms with Crippen LogP contribution in [-0.2, 0) is 0 Å². The van der Waals surface area contributed by atoms with Gasteiger partial charge in [0.1, 0.15) is 5.69 Å². The first-order valence-electron chi connectivity index (χ1n) is 6.56. The van der Waals surface area contributed by atoms with E-state index in [1.165, 1.54) is 0 Å². The van der Waals surface area contributed by atoms with Crippen molar-refractivity contribution in [3.63, 3.8) is 0 Å². The van der Waals surface area contributed by atoms with E-state index in [2.05, 4.69) is 17.2 Å². The van der Waals surface area contributed by atoms with Gasteiger partial charge in [-0.05, 0) is 24.3 Å². The van der Waals surface area contributed by atoms with Crippen molar-refractivity contribution in [2.24, 2.45) is 11.8 Å². The van der Waals surface area contributed by atoms with Crippen LogP contribution in [0.25, 0.3) is 0 Å². The van der Waals surface area contributed by atoms with Crippen LogP contribution in [-0.4, -0.2) is 41.5 Å². The number of likely N-dealkylation sites (tertiary alicyclic amines) is 1. The molecule has 3 heterocycles. The van der Waals surface area contributed by atoms with Gasteiger partial charge in [-0.2, -0.15) is 0 Å². The van der Waals surface area contributed by atoms with E-state index in [0.29, 0.717) is 28.6 Å². The fraction of sp³-hybridized carbons (Fsp3) is 0.615. The maximum atomic E-state index is 12.5. The molecule has 0 spiro atoms. The third-order valence-electron chi connectivity index (χ3n) is 4.28. The molecule has 0 saturated carbocycles. The highest BCUT2D eigenvalue weighted by Gasteiger charge is 2.45. The second-order valence-corrected chi connectivity index (χ2v) is 5.68. The molecule has 3 unspecified atom stereocenters. The van der Waals surface area contributed by atoms with Crippen LogP contribution >= 0.6 is 11.6 Å². The molecule has 1 aromatic rings. The maximum absolute atomic E-state index is 12.5. The fourth-order valence-electron chi connectivity index (χ4n) is 3.43. The summed E-state index contributed by atoms with van der Waals surface area (Å²) in [5.41, 5.74) is 0.603. The smallest absolute Gasteiger partial charge is 0.270 e. The lowest BCUT2D eigenvalue weighted by Gasteiger charge is -2.26. The van der Waals surface area contributed by atoms with E-state index >= 15 is 0 Å². The highest BCUT2D eigenvalue weighted by molar-refractivity contribution is 6.30. The Morgan fingerprint density at radius 2 is 2.39 bits per heavy atom. The summed E-state index contributed by atoms with van der Waals surface area (Å²) in [4.78, 5) is 17.5. The van der Waals surface area contributed by atoms with E-state index in [0.717, 1.165) is 26.1 Å². The Morgan fingerprint density at radius 3 is 3.06 bits per heavy atom. The predicted molar refractivity (Wildman–Crippen MR) is 70.8 cm³/mol. The number of aromatic amines is 1. The van der Waals surface area contributed by atoms with Crippen LogP contribution in [0, 0.1) is 11.8 Å². The summed E-state index contributed by atoms with van der Waals surface area (Å²) in [6.45, 7) is 5.11. The Labute approximate surface area is 112 Å². The summed E-state index contributed by atoms with van der Waals surface area (Å²) < 4.78 is 0. The molecular weight excluding hydrogens is 250 g/mol. The number of hydrogen-bond acceptors (Lipinski definition) is 2. The van der Waals surface area contributed by atoms with Crippen molar-refractivity contribution in [1.29, 1.82) is 0 Å². The van der Waals surface area contributed by atoms with Gasteiger partial charge in [0.15, 0.2) is 0 Å². The van der Waals surface area contributed by atoms with Crippen molar-refractivity contribution in [3.05, 3.63) is 23.0 Å². The zero-order chi connectivity index (χ0) is 12.7. The summed E-state index contributed by atoms with van der Waals surface area (Å²) in [6.07, 6.45) is 2.68. The quantitative estimate of drug-likeness (QED) is 0.858. The molecule has 0 aliphatic carbocycles. The van der Waals surface area contributed by atoms with Gasteiger partial charge in [-0.1, -0.05) is 18.5 Å². The number of aromatic nitrogens is 1. The first-order chi connectivity index (χ1) is 8.70. The number of nitrogens with zero attached hydrogens (tertiary/aromatic N) is 1. The third-order valence-corrected chi connectivity index (χ3v) is 4.49. The fourth-order valence-corrected chi connectivity index (χ4v) is 3.59. The number of fused-ring (bicyclic) bond motifs is 1. The van der Waals surface area contributed by atoms with Crippen LogP contribution in [0.4, 0.5) is 0 Å². The van der Waals surface area contributed by atoms with Gasteiger partial charge >= 0.3 is 0 Å². The van der Waals surface area contributed by atoms with E-state index in [1.54, 1.807) is 12.3 Å². The molecule has 0 aromatic carbocycles. The molecule has 0 bridgehead atoms. The Hall–Kier alpha value is -1.00. The monoisotopic (exact) mass is 267 g/mol. The van der Waals surface area contributed by atoms with Crippen molar-refractivity contribution >= 4 is 17.5 Å². The normalized spacial score (nSPS) is 30.8. The van der Waals surface area contributed by atoms with Crippen LogP contribution in [0.3, 0.4) is 0 Å². The number of carbonyl (C=O) groups is 1. The van der Waals surface area contributed by atoms with E-state index in [4.69, 9.17) is 11.6 Å². The average molecular weight is 268 g/mol. The number of H-pyrrole nitrogens is 1. The maximum Gasteiger partial charge on any atom is 0.270 e. The van der Waals surface area contributed by atoms with Crippen molar-refractivity contribution in [2.45, 2.75) is 19.4 Å². The van der Waals surface area contributed by atoms with Gasteiger partial charge < -0.3 is 15.2 Å². The second kappa shape index (κ2) is 4.59. The zero-order valence-electron chi connectivity index (χ0n) is 10.4. The van der Waals surface area contributed by atoms with Crippen LogP contribution in [0.2, 0.25) is 5.02 Å². The Morgan fingerprint density at radius 1 is 1.56 bits per heavy atom. The molecule has 4 nitrogen and oxygen atoms in total. The third kappa shape index (κ3) is 1.84. The standard InChI is InChI=1S/C13H18ClN3O/c1-2-12-10-6-15-4-8(10)7-17(12)13(18)11-3-9(14)5-16-11/h3,5,8,10,12,15-16H,2,4,6-7H2,1H3. The average Bonchev–Trinajstić information content (AvgIpc) is 3.01. The molecule has 1 aromatic heterocycles. The zero-order valence-corrected chi connectivity index (χ0v) is 11.2. The van der Waals surface area contributed by atoms with Gasteiger partial charge in [-0.25, -0.2) is 0 Å². The lowest BCUT2D eigenvalue weighted by Crippen LogP contribution is -2.39. The molecule has 0 radical (unpaired) electrons. The summed E-state index contributed by atoms with van der Waals surface area (Å²) in [7, 11) is 0. The minimum Gasteiger partial charge on any atom is -0.356 e. The Kier molecular flexibility index (Phi) is 3.08. The summed E-state index contributed by atoms with van der Waals surface area (Å²) >= 11 is 5.87. The van der Waals surface area contributed by atoms with Gasteiger partial charge in [-0.15, -0.1) is 0 Å². The molecular formula is C13H18ClN3O. The molecule has 98 valence electrons. The highest BCUT2D eigenvalue weighted by Crippen LogP contribution is 2.35. The number of carbonyl (C=O) groups excluding carboxylic acids is 1. The Balaban J connectivity index is 1.81. The van der Waals surface area contributed by atoms with E-state index in [9.17, 15) is 4.79 Å². The number of rotatable bonds is 2. The first kappa shape index (κ1) is 12.1. The van der Waals surface area contributed by atoms with Crippen molar-refractivity contribution in [1.82, 2.24) is 15.2 Å². The summed E-state index contributed by atoms with van der Waals surface area (Å²) in [6, 6.07) is 2.07. The molecule has 2 aliphatic heterocycles. The van der Waals surface area contributed by atoms with Crippen LogP contribution in [0.5, 0.6) is 0 Å². The summed E-state index contributed by atoms with van der Waals surface area (Å²) in [5.74, 6) is 1.32. The van der Waals surface area contributed by atoms with E-state index in [1.807, 2.05) is 4.90 Å². The molecule has 2 N–H and O–H groups in total. The molecule has 18 heavy (non-hydrogen) atoms. The van der Waals surface area contributed by atoms with Crippen LogP contribution in [0.15, 0.2) is 12.3 Å². The SMILES string of the molecule is CCC1C2CNCC2CN1C(=O)c1cc(Cl)c[nH]1. The van der Waals surface area contributed by atoms with E-state index < -0.39 is 0 Å². The largest absolute Gasteiger partial charge is 0.356 e. The first-order valence-corrected chi connectivity index (χ1v) is 6.94. The number of amides is 1. The number of halogens is 1. The van der Waals surface area contributed by atoms with Crippen molar-refractivity contribution < 1.29 is 4.79 Å². The predicted octanol–water partition coefficient (Wildman–Crippen LogP) is 1.74. The van der Waals surface area contributed by atoms with E-state index in [-0.39, 0.29) is 5.91 Å². The number of nitrogens with one attached hydrogen (secondary N) is 2. The molecule has 2 fully saturated rings. The van der Waals surface area contributed by atoms with Gasteiger partial charge in [-0.3, -0.25) is 4.79 Å². The van der Waals surface area contributed by atoms with Gasteiger partial charge in [0.25, 0.3) is 5.91 Å². The Bertz CT molecular complexity index is 459. The molecule has 5 heteroatoms. The second-order valence-electron chi connectivity index (χ2n) is 5.25. The number of hydrogen-bond donors (Lipinski definition) is 2. The molecule has 3 rings (SSSR count). The van der Waals surface area contributed by atoms with Crippen LogP contribution < -0.4 is 5.32 Å². The molecule has 2 saturated heterocycles. The highest BCUT2D eigenvalue weighted by atomic mass is 35.5. The van der Waals surface area contributed by atoms with Gasteiger partial charge in [0.2, 0.25) is 0 Å². The lowest BCUT2D eigenvalue weighted by atomic mass is 9.93. The van der Waals surface area contributed by atoms with Crippen LogP contribution in [0.1, 0.15) is 23.8 Å². The van der Waals surface area contributed by atoms with Crippen molar-refractivity contribution in [3.8, 4) is 0 Å².